The third-order valence-corrected chi connectivity index (χ3v) is 5.35. The second kappa shape index (κ2) is 10.8. The second-order valence-electron chi connectivity index (χ2n) is 8.28. The van der Waals surface area contributed by atoms with E-state index in [0.717, 1.165) is 34.3 Å². The third-order valence-electron chi connectivity index (χ3n) is 5.35. The first-order chi connectivity index (χ1) is 16.8. The molecule has 0 fully saturated rings. The first-order valence-corrected chi connectivity index (χ1v) is 11.2. The number of pyridine rings is 1. The van der Waals surface area contributed by atoms with E-state index >= 15 is 0 Å². The number of rotatable bonds is 9. The van der Waals surface area contributed by atoms with Crippen LogP contribution in [0.5, 0.6) is 5.75 Å². The Bertz CT molecular complexity index is 1280. The average Bonchev–Trinajstić information content (AvgIpc) is 2.83. The fraction of sp³-hybridized carbons (Fsp3) is 0.222. The molecule has 0 spiro atoms. The molecular weight excluding hydrogens is 455 g/mol. The molecule has 0 saturated carbocycles. The number of fused-ring (bicyclic) bond motifs is 1. The van der Waals surface area contributed by atoms with Crippen LogP contribution < -0.4 is 15.4 Å². The van der Waals surface area contributed by atoms with Gasteiger partial charge in [0.25, 0.3) is 0 Å². The van der Waals surface area contributed by atoms with Gasteiger partial charge < -0.3 is 20.5 Å². The lowest BCUT2D eigenvalue weighted by atomic mass is 10.1. The monoisotopic (exact) mass is 481 g/mol. The SMILES string of the molecule is Cc1cc(Nc2cc(OC[C@H](O)CNCc3ccccc3)cc(C(F)(F)F)c2)c2ccccc2n1. The number of para-hydroxylation sites is 1. The number of benzene rings is 3. The van der Waals surface area contributed by atoms with Crippen molar-refractivity contribution < 1.29 is 23.0 Å². The van der Waals surface area contributed by atoms with E-state index in [9.17, 15) is 18.3 Å². The molecule has 0 amide bonds. The zero-order valence-corrected chi connectivity index (χ0v) is 19.1. The maximum atomic E-state index is 13.6. The van der Waals surface area contributed by atoms with Crippen molar-refractivity contribution in [2.45, 2.75) is 25.7 Å². The minimum absolute atomic E-state index is 0.0134. The normalized spacial score (nSPS) is 12.5. The Labute approximate surface area is 201 Å². The fourth-order valence-corrected chi connectivity index (χ4v) is 3.72. The highest BCUT2D eigenvalue weighted by Crippen LogP contribution is 2.36. The topological polar surface area (TPSA) is 66.4 Å². The number of aliphatic hydroxyl groups excluding tert-OH is 1. The minimum atomic E-state index is -4.55. The van der Waals surface area contributed by atoms with Gasteiger partial charge in [-0.2, -0.15) is 13.2 Å². The number of aryl methyl sites for hydroxylation is 1. The van der Waals surface area contributed by atoms with E-state index in [1.807, 2.05) is 61.5 Å². The summed E-state index contributed by atoms with van der Waals surface area (Å²) >= 11 is 0. The highest BCUT2D eigenvalue weighted by atomic mass is 19.4. The summed E-state index contributed by atoms with van der Waals surface area (Å²) in [5, 5.41) is 17.2. The van der Waals surface area contributed by atoms with Gasteiger partial charge >= 0.3 is 6.18 Å². The number of hydrogen-bond donors (Lipinski definition) is 3. The van der Waals surface area contributed by atoms with E-state index in [-0.39, 0.29) is 24.6 Å². The van der Waals surface area contributed by atoms with E-state index in [1.165, 1.54) is 6.07 Å². The highest BCUT2D eigenvalue weighted by Gasteiger charge is 2.31. The molecule has 3 aromatic carbocycles. The van der Waals surface area contributed by atoms with Crippen LogP contribution in [0.2, 0.25) is 0 Å². The van der Waals surface area contributed by atoms with Crippen molar-refractivity contribution >= 4 is 22.3 Å². The van der Waals surface area contributed by atoms with Gasteiger partial charge in [0.05, 0.1) is 11.1 Å². The lowest BCUT2D eigenvalue weighted by molar-refractivity contribution is -0.137. The Morgan fingerprint density at radius 3 is 2.49 bits per heavy atom. The molecule has 0 radical (unpaired) electrons. The highest BCUT2D eigenvalue weighted by molar-refractivity contribution is 5.93. The van der Waals surface area contributed by atoms with E-state index in [0.29, 0.717) is 12.2 Å². The predicted molar refractivity (Wildman–Crippen MR) is 131 cm³/mol. The van der Waals surface area contributed by atoms with Crippen molar-refractivity contribution in [3.8, 4) is 5.75 Å². The molecule has 4 aromatic rings. The molecule has 1 heterocycles. The van der Waals surface area contributed by atoms with Crippen molar-refractivity contribution in [3.63, 3.8) is 0 Å². The quantitative estimate of drug-likeness (QED) is 0.281. The van der Waals surface area contributed by atoms with Crippen LogP contribution in [0.4, 0.5) is 24.5 Å². The van der Waals surface area contributed by atoms with Gasteiger partial charge in [-0.3, -0.25) is 4.98 Å². The molecule has 1 atom stereocenters. The van der Waals surface area contributed by atoms with Crippen LogP contribution in [-0.4, -0.2) is 29.3 Å². The molecule has 0 unspecified atom stereocenters. The Balaban J connectivity index is 1.47. The van der Waals surface area contributed by atoms with Crippen LogP contribution in [0.25, 0.3) is 10.9 Å². The van der Waals surface area contributed by atoms with Gasteiger partial charge in [0.1, 0.15) is 18.5 Å². The van der Waals surface area contributed by atoms with Crippen LogP contribution >= 0.6 is 0 Å². The number of ether oxygens (including phenoxy) is 1. The maximum absolute atomic E-state index is 13.6. The van der Waals surface area contributed by atoms with Gasteiger partial charge in [-0.1, -0.05) is 48.5 Å². The number of nitrogens with one attached hydrogen (secondary N) is 2. The van der Waals surface area contributed by atoms with Gasteiger partial charge in [0, 0.05) is 41.6 Å². The molecule has 1 aromatic heterocycles. The summed E-state index contributed by atoms with van der Waals surface area (Å²) in [6.45, 7) is 2.47. The molecule has 8 heteroatoms. The van der Waals surface area contributed by atoms with Gasteiger partial charge in [0.2, 0.25) is 0 Å². The number of hydrogen-bond acceptors (Lipinski definition) is 5. The summed E-state index contributed by atoms with van der Waals surface area (Å²) in [5.41, 5.74) is 2.56. The summed E-state index contributed by atoms with van der Waals surface area (Å²) in [7, 11) is 0. The molecule has 0 bridgehead atoms. The maximum Gasteiger partial charge on any atom is 0.416 e. The standard InChI is InChI=1S/C27H26F3N3O2/c1-18-11-26(24-9-5-6-10-25(24)32-18)33-21-12-20(27(28,29)30)13-23(14-21)35-17-22(34)16-31-15-19-7-3-2-4-8-19/h2-14,22,31,34H,15-17H2,1H3,(H,32,33)/t22-/m1/s1. The molecule has 5 nitrogen and oxygen atoms in total. The molecule has 4 rings (SSSR count). The smallest absolute Gasteiger partial charge is 0.416 e. The van der Waals surface area contributed by atoms with Crippen LogP contribution in [-0.2, 0) is 12.7 Å². The van der Waals surface area contributed by atoms with Gasteiger partial charge in [0.15, 0.2) is 0 Å². The van der Waals surface area contributed by atoms with E-state index < -0.39 is 17.8 Å². The Morgan fingerprint density at radius 1 is 0.971 bits per heavy atom. The third kappa shape index (κ3) is 6.71. The van der Waals surface area contributed by atoms with Crippen molar-refractivity contribution in [2.75, 3.05) is 18.5 Å². The Morgan fingerprint density at radius 2 is 1.71 bits per heavy atom. The number of aromatic nitrogens is 1. The molecule has 3 N–H and O–H groups in total. The first-order valence-electron chi connectivity index (χ1n) is 11.2. The van der Waals surface area contributed by atoms with Gasteiger partial charge in [-0.05, 0) is 36.8 Å². The lowest BCUT2D eigenvalue weighted by Gasteiger charge is -2.17. The molecule has 0 saturated heterocycles. The summed E-state index contributed by atoms with van der Waals surface area (Å²) in [6, 6.07) is 22.3. The van der Waals surface area contributed by atoms with Crippen molar-refractivity contribution in [1.82, 2.24) is 10.3 Å². The summed E-state index contributed by atoms with van der Waals surface area (Å²) in [6.07, 6.45) is -5.45. The van der Waals surface area contributed by atoms with Crippen LogP contribution in [0.3, 0.4) is 0 Å². The molecule has 0 aliphatic heterocycles. The molecule has 0 aliphatic carbocycles. The van der Waals surface area contributed by atoms with Crippen LogP contribution in [0.15, 0.2) is 78.9 Å². The second-order valence-corrected chi connectivity index (χ2v) is 8.28. The first kappa shape index (κ1) is 24.5. The van der Waals surface area contributed by atoms with E-state index in [4.69, 9.17) is 4.74 Å². The molecular formula is C27H26F3N3O2. The number of alkyl halides is 3. The zero-order valence-electron chi connectivity index (χ0n) is 19.1. The Hall–Kier alpha value is -3.62. The number of nitrogens with zero attached hydrogens (tertiary/aromatic N) is 1. The van der Waals surface area contributed by atoms with Crippen LogP contribution in [0.1, 0.15) is 16.8 Å². The lowest BCUT2D eigenvalue weighted by Crippen LogP contribution is -2.31. The summed E-state index contributed by atoms with van der Waals surface area (Å²) in [5.74, 6) is 0.0134. The average molecular weight is 482 g/mol. The fourth-order valence-electron chi connectivity index (χ4n) is 3.72. The van der Waals surface area contributed by atoms with E-state index in [2.05, 4.69) is 15.6 Å². The van der Waals surface area contributed by atoms with Gasteiger partial charge in [-0.15, -0.1) is 0 Å². The summed E-state index contributed by atoms with van der Waals surface area (Å²) < 4.78 is 46.3. The van der Waals surface area contributed by atoms with Crippen molar-refractivity contribution in [2.24, 2.45) is 0 Å². The predicted octanol–water partition coefficient (Wildman–Crippen LogP) is 5.84. The Kier molecular flexibility index (Phi) is 7.53. The van der Waals surface area contributed by atoms with E-state index in [1.54, 1.807) is 6.07 Å². The molecule has 0 aliphatic rings. The zero-order chi connectivity index (χ0) is 24.8. The number of aliphatic hydroxyl groups is 1. The number of halogens is 3. The summed E-state index contributed by atoms with van der Waals surface area (Å²) in [4.78, 5) is 4.47. The van der Waals surface area contributed by atoms with Gasteiger partial charge in [-0.25, -0.2) is 0 Å². The molecule has 182 valence electrons. The molecule has 35 heavy (non-hydrogen) atoms. The van der Waals surface area contributed by atoms with Crippen LogP contribution in [0, 0.1) is 6.92 Å². The van der Waals surface area contributed by atoms with Crippen molar-refractivity contribution in [1.29, 1.82) is 0 Å². The largest absolute Gasteiger partial charge is 0.491 e. The minimum Gasteiger partial charge on any atom is -0.491 e. The van der Waals surface area contributed by atoms with Crippen molar-refractivity contribution in [3.05, 3.63) is 95.7 Å². The number of anilines is 2.